The molecule has 0 saturated carbocycles. The summed E-state index contributed by atoms with van der Waals surface area (Å²) in [5.41, 5.74) is 0.779. The van der Waals surface area contributed by atoms with Gasteiger partial charge in [-0.25, -0.2) is 0 Å². The number of aliphatic hydroxyl groups is 1. The van der Waals surface area contributed by atoms with Crippen LogP contribution < -0.4 is 0 Å². The number of benzene rings is 3. The molecule has 0 radical (unpaired) electrons. The Morgan fingerprint density at radius 3 is 2.43 bits per heavy atom. The van der Waals surface area contributed by atoms with Crippen molar-refractivity contribution in [2.75, 3.05) is 5.33 Å². The van der Waals surface area contributed by atoms with E-state index in [2.05, 4.69) is 15.9 Å². The van der Waals surface area contributed by atoms with Crippen molar-refractivity contribution in [3.63, 3.8) is 0 Å². The molecule has 1 N–H and O–H groups in total. The minimum absolute atomic E-state index is 0.429. The molecular weight excluding hydrogens is 394 g/mol. The van der Waals surface area contributed by atoms with Gasteiger partial charge in [0.2, 0.25) is 0 Å². The van der Waals surface area contributed by atoms with Crippen molar-refractivity contribution in [3.8, 4) is 0 Å². The highest BCUT2D eigenvalue weighted by Gasteiger charge is 2.16. The van der Waals surface area contributed by atoms with E-state index in [0.29, 0.717) is 20.4 Å². The third kappa shape index (κ3) is 2.76. The standard InChI is InChI=1S/C16H10BrCl3O/c17-7-15(21)12-4-8-3-9(18)1-2-11(8)16-13(12)5-10(19)6-14(16)20/h1-6,15,21H,7H2/t15-/m0/s1. The van der Waals surface area contributed by atoms with Gasteiger partial charge in [0.15, 0.2) is 0 Å². The van der Waals surface area contributed by atoms with Crippen LogP contribution in [0.2, 0.25) is 15.1 Å². The van der Waals surface area contributed by atoms with Gasteiger partial charge in [-0.05, 0) is 52.1 Å². The van der Waals surface area contributed by atoms with Crippen molar-refractivity contribution in [1.82, 2.24) is 0 Å². The third-order valence-electron chi connectivity index (χ3n) is 3.47. The molecular formula is C16H10BrCl3O. The van der Waals surface area contributed by atoms with Gasteiger partial charge in [0.1, 0.15) is 0 Å². The van der Waals surface area contributed by atoms with Gasteiger partial charge in [0.05, 0.1) is 11.1 Å². The molecule has 0 aromatic heterocycles. The van der Waals surface area contributed by atoms with Gasteiger partial charge >= 0.3 is 0 Å². The summed E-state index contributed by atoms with van der Waals surface area (Å²) in [6, 6.07) is 11.1. The average molecular weight is 405 g/mol. The quantitative estimate of drug-likeness (QED) is 0.388. The lowest BCUT2D eigenvalue weighted by atomic mass is 9.95. The molecule has 5 heteroatoms. The minimum atomic E-state index is -0.648. The highest BCUT2D eigenvalue weighted by molar-refractivity contribution is 9.09. The Morgan fingerprint density at radius 2 is 1.71 bits per heavy atom. The Morgan fingerprint density at radius 1 is 0.952 bits per heavy atom. The van der Waals surface area contributed by atoms with Gasteiger partial charge in [0.25, 0.3) is 0 Å². The van der Waals surface area contributed by atoms with Gasteiger partial charge in [-0.15, -0.1) is 0 Å². The molecule has 3 aromatic carbocycles. The summed E-state index contributed by atoms with van der Waals surface area (Å²) in [7, 11) is 0. The highest BCUT2D eigenvalue weighted by Crippen LogP contribution is 2.39. The maximum atomic E-state index is 10.3. The Bertz CT molecular complexity index is 848. The molecule has 0 spiro atoms. The second kappa shape index (κ2) is 5.94. The van der Waals surface area contributed by atoms with Crippen LogP contribution >= 0.6 is 50.7 Å². The molecule has 21 heavy (non-hydrogen) atoms. The topological polar surface area (TPSA) is 20.2 Å². The number of hydrogen-bond acceptors (Lipinski definition) is 1. The molecule has 0 aliphatic heterocycles. The first-order valence-corrected chi connectivity index (χ1v) is 8.51. The van der Waals surface area contributed by atoms with Crippen LogP contribution in [0.15, 0.2) is 36.4 Å². The fourth-order valence-electron chi connectivity index (χ4n) is 2.56. The van der Waals surface area contributed by atoms with Crippen LogP contribution in [0.4, 0.5) is 0 Å². The zero-order chi connectivity index (χ0) is 15.1. The monoisotopic (exact) mass is 402 g/mol. The van der Waals surface area contributed by atoms with Gasteiger partial charge in [0, 0.05) is 20.8 Å². The molecule has 108 valence electrons. The molecule has 0 aliphatic rings. The highest BCUT2D eigenvalue weighted by atomic mass is 79.9. The summed E-state index contributed by atoms with van der Waals surface area (Å²) in [5.74, 6) is 0. The first kappa shape index (κ1) is 15.4. The summed E-state index contributed by atoms with van der Waals surface area (Å²) in [5, 5.41) is 16.1. The number of rotatable bonds is 2. The van der Waals surface area contributed by atoms with Crippen molar-refractivity contribution in [3.05, 3.63) is 57.0 Å². The van der Waals surface area contributed by atoms with Crippen LogP contribution in [0.1, 0.15) is 11.7 Å². The molecule has 1 atom stereocenters. The summed E-state index contributed by atoms with van der Waals surface area (Å²) in [6.07, 6.45) is -0.648. The van der Waals surface area contributed by atoms with E-state index in [9.17, 15) is 5.11 Å². The van der Waals surface area contributed by atoms with Crippen molar-refractivity contribution in [1.29, 1.82) is 0 Å². The summed E-state index contributed by atoms with van der Waals surface area (Å²) in [4.78, 5) is 0. The van der Waals surface area contributed by atoms with Crippen LogP contribution in [0.3, 0.4) is 0 Å². The molecule has 0 heterocycles. The molecule has 3 rings (SSSR count). The smallest absolute Gasteiger partial charge is 0.0893 e. The van der Waals surface area contributed by atoms with Crippen LogP contribution in [0.25, 0.3) is 21.5 Å². The zero-order valence-corrected chi connectivity index (χ0v) is 14.6. The van der Waals surface area contributed by atoms with E-state index < -0.39 is 6.10 Å². The first-order chi connectivity index (χ1) is 10.0. The lowest BCUT2D eigenvalue weighted by molar-refractivity contribution is 0.207. The van der Waals surface area contributed by atoms with Crippen molar-refractivity contribution in [2.45, 2.75) is 6.10 Å². The molecule has 0 amide bonds. The van der Waals surface area contributed by atoms with Gasteiger partial charge in [-0.2, -0.15) is 0 Å². The van der Waals surface area contributed by atoms with E-state index in [1.807, 2.05) is 30.3 Å². The van der Waals surface area contributed by atoms with Crippen LogP contribution in [-0.2, 0) is 0 Å². The minimum Gasteiger partial charge on any atom is -0.388 e. The number of alkyl halides is 1. The van der Waals surface area contributed by atoms with E-state index >= 15 is 0 Å². The van der Waals surface area contributed by atoms with Crippen molar-refractivity contribution < 1.29 is 5.11 Å². The Balaban J connectivity index is 2.54. The van der Waals surface area contributed by atoms with Crippen molar-refractivity contribution in [2.24, 2.45) is 0 Å². The molecule has 0 unspecified atom stereocenters. The Hall–Kier alpha value is -0.510. The fourth-order valence-corrected chi connectivity index (χ4v) is 3.68. The Labute approximate surface area is 145 Å². The summed E-state index contributed by atoms with van der Waals surface area (Å²) >= 11 is 21.9. The molecule has 0 bridgehead atoms. The van der Waals surface area contributed by atoms with E-state index in [-0.39, 0.29) is 0 Å². The number of halogens is 4. The van der Waals surface area contributed by atoms with E-state index in [1.165, 1.54) is 0 Å². The molecule has 1 nitrogen and oxygen atoms in total. The van der Waals surface area contributed by atoms with Crippen molar-refractivity contribution >= 4 is 72.3 Å². The van der Waals surface area contributed by atoms with Gasteiger partial charge in [-0.1, -0.05) is 56.8 Å². The largest absolute Gasteiger partial charge is 0.388 e. The van der Waals surface area contributed by atoms with Crippen LogP contribution in [-0.4, -0.2) is 10.4 Å². The molecule has 0 fully saturated rings. The van der Waals surface area contributed by atoms with E-state index in [0.717, 1.165) is 27.1 Å². The lowest BCUT2D eigenvalue weighted by Gasteiger charge is -2.15. The zero-order valence-electron chi connectivity index (χ0n) is 10.7. The predicted octanol–water partition coefficient (Wildman–Crippen LogP) is 6.38. The lowest BCUT2D eigenvalue weighted by Crippen LogP contribution is -2.00. The Kier molecular flexibility index (Phi) is 4.35. The molecule has 0 saturated heterocycles. The molecule has 3 aromatic rings. The second-order valence-corrected chi connectivity index (χ2v) is 6.74. The normalized spacial score (nSPS) is 13.0. The first-order valence-electron chi connectivity index (χ1n) is 6.26. The van der Waals surface area contributed by atoms with Crippen LogP contribution in [0.5, 0.6) is 0 Å². The SMILES string of the molecule is O[C@@H](CBr)c1cc2cc(Cl)ccc2c2c(Cl)cc(Cl)cc12. The summed E-state index contributed by atoms with van der Waals surface area (Å²) in [6.45, 7) is 0. The van der Waals surface area contributed by atoms with E-state index in [1.54, 1.807) is 6.07 Å². The second-order valence-electron chi connectivity index (χ2n) is 4.81. The maximum absolute atomic E-state index is 10.3. The number of aliphatic hydroxyl groups excluding tert-OH is 1. The van der Waals surface area contributed by atoms with Crippen LogP contribution in [0, 0.1) is 0 Å². The maximum Gasteiger partial charge on any atom is 0.0893 e. The molecule has 0 aliphatic carbocycles. The predicted molar refractivity (Wildman–Crippen MR) is 95.2 cm³/mol. The fraction of sp³-hybridized carbons (Fsp3) is 0.125. The van der Waals surface area contributed by atoms with Gasteiger partial charge in [-0.3, -0.25) is 0 Å². The third-order valence-corrected chi connectivity index (χ3v) is 4.83. The van der Waals surface area contributed by atoms with E-state index in [4.69, 9.17) is 34.8 Å². The number of hydrogen-bond donors (Lipinski definition) is 1. The number of fused-ring (bicyclic) bond motifs is 3. The summed E-state index contributed by atoms with van der Waals surface area (Å²) < 4.78 is 0. The van der Waals surface area contributed by atoms with Gasteiger partial charge < -0.3 is 5.11 Å². The average Bonchev–Trinajstić information content (AvgIpc) is 2.44.